The van der Waals surface area contributed by atoms with Crippen molar-refractivity contribution in [3.8, 4) is 5.75 Å². The summed E-state index contributed by atoms with van der Waals surface area (Å²) in [6.07, 6.45) is 4.11. The Bertz CT molecular complexity index is 1360. The first-order valence-electron chi connectivity index (χ1n) is 12.4. The second-order valence-corrected chi connectivity index (χ2v) is 9.33. The lowest BCUT2D eigenvalue weighted by molar-refractivity contribution is -0.139. The maximum Gasteiger partial charge on any atom is 0.325 e. The fourth-order valence-corrected chi connectivity index (χ4v) is 4.21. The molecule has 9 nitrogen and oxygen atoms in total. The molecule has 0 bridgehead atoms. The van der Waals surface area contributed by atoms with E-state index in [4.69, 9.17) is 22.1 Å². The highest BCUT2D eigenvalue weighted by Gasteiger charge is 2.25. The molecule has 0 saturated carbocycles. The van der Waals surface area contributed by atoms with Crippen LogP contribution in [-0.2, 0) is 20.9 Å². The van der Waals surface area contributed by atoms with Crippen molar-refractivity contribution in [2.24, 2.45) is 5.73 Å². The van der Waals surface area contributed by atoms with Gasteiger partial charge >= 0.3 is 5.97 Å². The number of benzene rings is 2. The van der Waals surface area contributed by atoms with Crippen LogP contribution in [-0.4, -0.2) is 54.4 Å². The van der Waals surface area contributed by atoms with Crippen molar-refractivity contribution in [2.75, 3.05) is 26.7 Å². The highest BCUT2D eigenvalue weighted by molar-refractivity contribution is 6.30. The third-order valence-corrected chi connectivity index (χ3v) is 6.56. The Morgan fingerprint density at radius 1 is 1.13 bits per heavy atom. The number of methoxy groups -OCH3 is 1. The molecular formula is C29H29ClN4O5. The minimum atomic E-state index is -0.778. The minimum absolute atomic E-state index is 0.0562. The van der Waals surface area contributed by atoms with Crippen LogP contribution in [0.1, 0.15) is 39.6 Å². The Hall–Kier alpha value is -4.21. The Morgan fingerprint density at radius 2 is 1.87 bits per heavy atom. The van der Waals surface area contributed by atoms with Crippen molar-refractivity contribution in [2.45, 2.75) is 19.1 Å². The lowest BCUT2D eigenvalue weighted by Gasteiger charge is -2.29. The van der Waals surface area contributed by atoms with Crippen LogP contribution in [0.25, 0.3) is 5.57 Å². The van der Waals surface area contributed by atoms with Gasteiger partial charge in [-0.25, -0.2) is 4.98 Å². The number of carbonyl (C=O) groups excluding carboxylic acids is 3. The number of carbonyl (C=O) groups is 3. The summed E-state index contributed by atoms with van der Waals surface area (Å²) >= 11 is 5.94. The lowest BCUT2D eigenvalue weighted by atomic mass is 9.99. The molecule has 2 heterocycles. The zero-order chi connectivity index (χ0) is 27.8. The number of ether oxygens (including phenoxy) is 2. The molecule has 0 aliphatic carbocycles. The van der Waals surface area contributed by atoms with E-state index in [2.05, 4.69) is 15.0 Å². The number of pyridine rings is 1. The van der Waals surface area contributed by atoms with Crippen LogP contribution in [0.2, 0.25) is 5.02 Å². The SMILES string of the molecule is COC(=O)CNC(=O)c1ncc(C2=CCN(C(=O)C(N)c3ccc(Cl)cc3)CC2)cc1OCc1ccccc1. The Labute approximate surface area is 231 Å². The van der Waals surface area contributed by atoms with Crippen molar-refractivity contribution in [1.82, 2.24) is 15.2 Å². The number of hydrogen-bond donors (Lipinski definition) is 2. The van der Waals surface area contributed by atoms with Crippen molar-refractivity contribution in [3.05, 3.63) is 100 Å². The van der Waals surface area contributed by atoms with Gasteiger partial charge in [-0.3, -0.25) is 14.4 Å². The summed E-state index contributed by atoms with van der Waals surface area (Å²) in [5.41, 5.74) is 9.64. The van der Waals surface area contributed by atoms with Crippen LogP contribution in [0.4, 0.5) is 0 Å². The lowest BCUT2D eigenvalue weighted by Crippen LogP contribution is -2.40. The smallest absolute Gasteiger partial charge is 0.325 e. The van der Waals surface area contributed by atoms with Gasteiger partial charge in [0.05, 0.1) is 7.11 Å². The fourth-order valence-electron chi connectivity index (χ4n) is 4.09. The summed E-state index contributed by atoms with van der Waals surface area (Å²) in [5.74, 6) is -1.02. The van der Waals surface area contributed by atoms with Crippen LogP contribution in [0.3, 0.4) is 0 Å². The molecule has 1 aromatic heterocycles. The number of amides is 2. The molecule has 0 fully saturated rings. The third kappa shape index (κ3) is 7.22. The fraction of sp³-hybridized carbons (Fsp3) is 0.241. The van der Waals surface area contributed by atoms with Gasteiger partial charge in [0.2, 0.25) is 5.91 Å². The zero-order valence-corrected chi connectivity index (χ0v) is 22.2. The molecule has 1 atom stereocenters. The van der Waals surface area contributed by atoms with E-state index in [0.717, 1.165) is 16.7 Å². The van der Waals surface area contributed by atoms with Gasteiger partial charge in [-0.15, -0.1) is 0 Å². The molecule has 3 aromatic rings. The summed E-state index contributed by atoms with van der Waals surface area (Å²) in [6.45, 7) is 0.807. The number of nitrogens with zero attached hydrogens (tertiary/aromatic N) is 2. The van der Waals surface area contributed by atoms with Crippen molar-refractivity contribution in [3.63, 3.8) is 0 Å². The average molecular weight is 549 g/mol. The second kappa shape index (κ2) is 13.0. The zero-order valence-electron chi connectivity index (χ0n) is 21.4. The number of nitrogens with one attached hydrogen (secondary N) is 1. The molecular weight excluding hydrogens is 520 g/mol. The van der Waals surface area contributed by atoms with Gasteiger partial charge in [0.15, 0.2) is 11.4 Å². The summed E-state index contributed by atoms with van der Waals surface area (Å²) in [5, 5.41) is 3.08. The normalized spacial score (nSPS) is 13.7. The molecule has 0 spiro atoms. The molecule has 39 heavy (non-hydrogen) atoms. The molecule has 3 N–H and O–H groups in total. The van der Waals surface area contributed by atoms with Crippen molar-refractivity contribution in [1.29, 1.82) is 0 Å². The molecule has 0 saturated heterocycles. The predicted octanol–water partition coefficient (Wildman–Crippen LogP) is 3.53. The number of nitrogens with two attached hydrogens (primary N) is 1. The molecule has 0 radical (unpaired) electrons. The van der Waals surface area contributed by atoms with Gasteiger partial charge < -0.3 is 25.4 Å². The van der Waals surface area contributed by atoms with Crippen molar-refractivity contribution >= 4 is 35.0 Å². The van der Waals surface area contributed by atoms with Crippen LogP contribution >= 0.6 is 11.6 Å². The molecule has 2 amide bonds. The molecule has 1 aliphatic heterocycles. The maximum atomic E-state index is 13.0. The van der Waals surface area contributed by atoms with Gasteiger partial charge in [0, 0.05) is 24.3 Å². The predicted molar refractivity (Wildman–Crippen MR) is 147 cm³/mol. The van der Waals surface area contributed by atoms with Gasteiger partial charge in [0.25, 0.3) is 5.91 Å². The molecule has 202 valence electrons. The van der Waals surface area contributed by atoms with E-state index in [0.29, 0.717) is 30.1 Å². The number of halogens is 1. The van der Waals surface area contributed by atoms with E-state index in [-0.39, 0.29) is 30.5 Å². The monoisotopic (exact) mass is 548 g/mol. The van der Waals surface area contributed by atoms with Gasteiger partial charge in [-0.1, -0.05) is 60.1 Å². The van der Waals surface area contributed by atoms with E-state index in [1.54, 1.807) is 41.4 Å². The van der Waals surface area contributed by atoms with Gasteiger partial charge in [-0.2, -0.15) is 0 Å². The van der Waals surface area contributed by atoms with E-state index >= 15 is 0 Å². The molecule has 10 heteroatoms. The van der Waals surface area contributed by atoms with E-state index in [9.17, 15) is 14.4 Å². The summed E-state index contributed by atoms with van der Waals surface area (Å²) in [6, 6.07) is 17.4. The summed E-state index contributed by atoms with van der Waals surface area (Å²) in [4.78, 5) is 43.3. The van der Waals surface area contributed by atoms with Crippen LogP contribution in [0.5, 0.6) is 5.75 Å². The third-order valence-electron chi connectivity index (χ3n) is 6.31. The largest absolute Gasteiger partial charge is 0.486 e. The first-order chi connectivity index (χ1) is 18.9. The standard InChI is InChI=1S/C29H29ClN4O5/c1-38-25(35)17-33-28(36)27-24(39-18-19-5-3-2-4-6-19)15-22(16-32-27)20-11-13-34(14-12-20)29(37)26(31)21-7-9-23(30)10-8-21/h2-11,15-16,26H,12-14,17-18,31H2,1H3,(H,33,36). The molecule has 1 unspecified atom stereocenters. The molecule has 2 aromatic carbocycles. The van der Waals surface area contributed by atoms with Crippen LogP contribution in [0, 0.1) is 0 Å². The molecule has 4 rings (SSSR count). The summed E-state index contributed by atoms with van der Waals surface area (Å²) in [7, 11) is 1.24. The summed E-state index contributed by atoms with van der Waals surface area (Å²) < 4.78 is 10.6. The van der Waals surface area contributed by atoms with Crippen molar-refractivity contribution < 1.29 is 23.9 Å². The van der Waals surface area contributed by atoms with E-state index in [1.807, 2.05) is 36.4 Å². The minimum Gasteiger partial charge on any atom is -0.486 e. The highest BCUT2D eigenvalue weighted by atomic mass is 35.5. The van der Waals surface area contributed by atoms with Gasteiger partial charge in [-0.05, 0) is 46.9 Å². The van der Waals surface area contributed by atoms with Crippen LogP contribution < -0.4 is 15.8 Å². The Morgan fingerprint density at radius 3 is 2.54 bits per heavy atom. The first kappa shape index (κ1) is 27.8. The Balaban J connectivity index is 1.50. The molecule has 1 aliphatic rings. The topological polar surface area (TPSA) is 124 Å². The number of esters is 1. The maximum absolute atomic E-state index is 13.0. The number of aromatic nitrogens is 1. The van der Waals surface area contributed by atoms with E-state index < -0.39 is 17.9 Å². The number of hydrogen-bond acceptors (Lipinski definition) is 7. The average Bonchev–Trinajstić information content (AvgIpc) is 2.98. The van der Waals surface area contributed by atoms with Crippen LogP contribution in [0.15, 0.2) is 72.9 Å². The van der Waals surface area contributed by atoms with Gasteiger partial charge in [0.1, 0.15) is 19.2 Å². The number of rotatable bonds is 9. The second-order valence-electron chi connectivity index (χ2n) is 8.90. The first-order valence-corrected chi connectivity index (χ1v) is 12.7. The Kier molecular flexibility index (Phi) is 9.30. The highest BCUT2D eigenvalue weighted by Crippen LogP contribution is 2.28. The van der Waals surface area contributed by atoms with E-state index in [1.165, 1.54) is 7.11 Å². The quantitative estimate of drug-likeness (QED) is 0.392.